The van der Waals surface area contributed by atoms with Crippen molar-refractivity contribution in [1.29, 1.82) is 0 Å². The third-order valence-corrected chi connectivity index (χ3v) is 3.87. The summed E-state index contributed by atoms with van der Waals surface area (Å²) in [4.78, 5) is 2.44. The standard InChI is InChI=1S/C13H26N2O/c1-13(7-5-8-14-13)11-15(2)10-12-6-3-4-9-16-12/h12,14H,3-11H2,1-2H3. The van der Waals surface area contributed by atoms with E-state index < -0.39 is 0 Å². The second kappa shape index (κ2) is 5.48. The molecule has 2 rings (SSSR count). The normalized spacial score (nSPS) is 35.8. The molecule has 2 aliphatic heterocycles. The van der Waals surface area contributed by atoms with E-state index >= 15 is 0 Å². The molecule has 2 saturated heterocycles. The van der Waals surface area contributed by atoms with Gasteiger partial charge in [0.05, 0.1) is 6.10 Å². The Hall–Kier alpha value is -0.120. The lowest BCUT2D eigenvalue weighted by Crippen LogP contribution is -2.48. The summed E-state index contributed by atoms with van der Waals surface area (Å²) in [5.41, 5.74) is 0.337. The topological polar surface area (TPSA) is 24.5 Å². The van der Waals surface area contributed by atoms with Crippen molar-refractivity contribution in [3.8, 4) is 0 Å². The van der Waals surface area contributed by atoms with Gasteiger partial charge in [-0.2, -0.15) is 0 Å². The van der Waals surface area contributed by atoms with Crippen molar-refractivity contribution in [1.82, 2.24) is 10.2 Å². The van der Waals surface area contributed by atoms with Crippen LogP contribution >= 0.6 is 0 Å². The lowest BCUT2D eigenvalue weighted by Gasteiger charge is -2.33. The third-order valence-electron chi connectivity index (χ3n) is 3.87. The molecule has 1 N–H and O–H groups in total. The molecule has 0 saturated carbocycles. The van der Waals surface area contributed by atoms with Gasteiger partial charge in [0.25, 0.3) is 0 Å². The summed E-state index contributed by atoms with van der Waals surface area (Å²) >= 11 is 0. The average Bonchev–Trinajstić information content (AvgIpc) is 2.66. The Labute approximate surface area is 99.5 Å². The highest BCUT2D eigenvalue weighted by Crippen LogP contribution is 2.20. The summed E-state index contributed by atoms with van der Waals surface area (Å²) in [6, 6.07) is 0. The molecular formula is C13H26N2O. The van der Waals surface area contributed by atoms with E-state index in [0.717, 1.165) is 19.7 Å². The van der Waals surface area contributed by atoms with Crippen molar-refractivity contribution in [2.45, 2.75) is 50.7 Å². The van der Waals surface area contributed by atoms with Gasteiger partial charge in [0, 0.05) is 25.2 Å². The van der Waals surface area contributed by atoms with Crippen molar-refractivity contribution in [2.75, 3.05) is 33.3 Å². The van der Waals surface area contributed by atoms with E-state index in [1.807, 2.05) is 0 Å². The van der Waals surface area contributed by atoms with E-state index in [2.05, 4.69) is 24.2 Å². The van der Waals surface area contributed by atoms with Crippen LogP contribution in [0.25, 0.3) is 0 Å². The van der Waals surface area contributed by atoms with E-state index in [9.17, 15) is 0 Å². The van der Waals surface area contributed by atoms with Gasteiger partial charge in [0.1, 0.15) is 0 Å². The zero-order valence-electron chi connectivity index (χ0n) is 10.8. The molecule has 3 heteroatoms. The van der Waals surface area contributed by atoms with Gasteiger partial charge >= 0.3 is 0 Å². The van der Waals surface area contributed by atoms with E-state index in [0.29, 0.717) is 11.6 Å². The Kier molecular flexibility index (Phi) is 4.22. The van der Waals surface area contributed by atoms with Gasteiger partial charge < -0.3 is 15.0 Å². The first-order valence-corrected chi connectivity index (χ1v) is 6.73. The predicted octanol–water partition coefficient (Wildman–Crippen LogP) is 1.63. The van der Waals surface area contributed by atoms with E-state index in [4.69, 9.17) is 4.74 Å². The highest BCUT2D eigenvalue weighted by molar-refractivity contribution is 4.91. The molecule has 16 heavy (non-hydrogen) atoms. The van der Waals surface area contributed by atoms with E-state index in [1.165, 1.54) is 38.6 Å². The van der Waals surface area contributed by atoms with Crippen molar-refractivity contribution in [3.05, 3.63) is 0 Å². The molecule has 3 nitrogen and oxygen atoms in total. The molecule has 2 fully saturated rings. The van der Waals surface area contributed by atoms with Crippen molar-refractivity contribution in [2.24, 2.45) is 0 Å². The molecule has 0 bridgehead atoms. The van der Waals surface area contributed by atoms with Crippen LogP contribution in [-0.4, -0.2) is 49.8 Å². The van der Waals surface area contributed by atoms with Crippen LogP contribution in [0.1, 0.15) is 39.0 Å². The van der Waals surface area contributed by atoms with Crippen molar-refractivity contribution in [3.63, 3.8) is 0 Å². The molecule has 2 heterocycles. The quantitative estimate of drug-likeness (QED) is 0.788. The molecule has 0 radical (unpaired) electrons. The molecule has 0 aromatic carbocycles. The van der Waals surface area contributed by atoms with Crippen LogP contribution in [0.4, 0.5) is 0 Å². The van der Waals surface area contributed by atoms with Gasteiger partial charge in [-0.15, -0.1) is 0 Å². The van der Waals surface area contributed by atoms with Crippen LogP contribution in [0, 0.1) is 0 Å². The number of likely N-dealkylation sites (N-methyl/N-ethyl adjacent to an activating group) is 1. The number of hydrogen-bond donors (Lipinski definition) is 1. The molecule has 0 aliphatic carbocycles. The molecule has 94 valence electrons. The van der Waals surface area contributed by atoms with Gasteiger partial charge in [-0.1, -0.05) is 0 Å². The minimum absolute atomic E-state index is 0.337. The molecule has 2 aliphatic rings. The Morgan fingerprint density at radius 1 is 1.38 bits per heavy atom. The first-order valence-electron chi connectivity index (χ1n) is 6.73. The molecule has 0 spiro atoms. The first kappa shape index (κ1) is 12.3. The van der Waals surface area contributed by atoms with Crippen LogP contribution in [0.5, 0.6) is 0 Å². The molecule has 0 amide bonds. The maximum Gasteiger partial charge on any atom is 0.0701 e. The molecule has 0 aromatic rings. The fourth-order valence-electron chi connectivity index (χ4n) is 3.05. The minimum Gasteiger partial charge on any atom is -0.377 e. The number of rotatable bonds is 4. The average molecular weight is 226 g/mol. The Morgan fingerprint density at radius 3 is 2.88 bits per heavy atom. The van der Waals surface area contributed by atoms with Gasteiger partial charge in [0.2, 0.25) is 0 Å². The summed E-state index contributed by atoms with van der Waals surface area (Å²) in [5.74, 6) is 0. The van der Waals surface area contributed by atoms with Crippen LogP contribution in [0.15, 0.2) is 0 Å². The Bertz CT molecular complexity index is 208. The summed E-state index contributed by atoms with van der Waals surface area (Å²) in [6.45, 7) is 6.74. The Morgan fingerprint density at radius 2 is 2.25 bits per heavy atom. The number of nitrogens with one attached hydrogen (secondary N) is 1. The second-order valence-electron chi connectivity index (χ2n) is 5.78. The fraction of sp³-hybridized carbons (Fsp3) is 1.00. The number of hydrogen-bond acceptors (Lipinski definition) is 3. The summed E-state index contributed by atoms with van der Waals surface area (Å²) in [5, 5.41) is 3.62. The lowest BCUT2D eigenvalue weighted by atomic mass is 9.99. The van der Waals surface area contributed by atoms with Crippen molar-refractivity contribution >= 4 is 0 Å². The van der Waals surface area contributed by atoms with Crippen molar-refractivity contribution < 1.29 is 4.74 Å². The molecule has 2 unspecified atom stereocenters. The SMILES string of the molecule is CN(CC1CCCCO1)CC1(C)CCCN1. The maximum absolute atomic E-state index is 5.78. The van der Waals surface area contributed by atoms with Crippen LogP contribution in [0.3, 0.4) is 0 Å². The van der Waals surface area contributed by atoms with Gasteiger partial charge in [-0.3, -0.25) is 0 Å². The zero-order chi connectivity index (χ0) is 11.4. The second-order valence-corrected chi connectivity index (χ2v) is 5.78. The van der Waals surface area contributed by atoms with Crippen LogP contribution < -0.4 is 5.32 Å². The number of ether oxygens (including phenoxy) is 1. The summed E-state index contributed by atoms with van der Waals surface area (Å²) in [6.07, 6.45) is 6.94. The largest absolute Gasteiger partial charge is 0.377 e. The van der Waals surface area contributed by atoms with Gasteiger partial charge in [0.15, 0.2) is 0 Å². The molecule has 0 aromatic heterocycles. The molecule has 2 atom stereocenters. The maximum atomic E-state index is 5.78. The summed E-state index contributed by atoms with van der Waals surface area (Å²) < 4.78 is 5.78. The Balaban J connectivity index is 1.72. The predicted molar refractivity (Wildman–Crippen MR) is 66.7 cm³/mol. The number of nitrogens with zero attached hydrogens (tertiary/aromatic N) is 1. The zero-order valence-corrected chi connectivity index (χ0v) is 10.8. The van der Waals surface area contributed by atoms with Gasteiger partial charge in [-0.25, -0.2) is 0 Å². The highest BCUT2D eigenvalue weighted by atomic mass is 16.5. The third kappa shape index (κ3) is 3.44. The van der Waals surface area contributed by atoms with Gasteiger partial charge in [-0.05, 0) is 52.6 Å². The fourth-order valence-corrected chi connectivity index (χ4v) is 3.05. The van der Waals surface area contributed by atoms with E-state index in [-0.39, 0.29) is 0 Å². The monoisotopic (exact) mass is 226 g/mol. The van der Waals surface area contributed by atoms with Crippen LogP contribution in [-0.2, 0) is 4.74 Å². The first-order chi connectivity index (χ1) is 7.68. The smallest absolute Gasteiger partial charge is 0.0701 e. The van der Waals surface area contributed by atoms with E-state index in [1.54, 1.807) is 0 Å². The summed E-state index contributed by atoms with van der Waals surface area (Å²) in [7, 11) is 2.23. The molecular weight excluding hydrogens is 200 g/mol. The lowest BCUT2D eigenvalue weighted by molar-refractivity contribution is -0.00442. The van der Waals surface area contributed by atoms with Crippen LogP contribution in [0.2, 0.25) is 0 Å². The minimum atomic E-state index is 0.337. The highest BCUT2D eigenvalue weighted by Gasteiger charge is 2.29.